The number of anilines is 1. The van der Waals surface area contributed by atoms with Gasteiger partial charge in [0.15, 0.2) is 5.17 Å². The molecule has 0 fully saturated rings. The maximum absolute atomic E-state index is 12.7. The van der Waals surface area contributed by atoms with Crippen LogP contribution in [-0.2, 0) is 7.05 Å². The van der Waals surface area contributed by atoms with Gasteiger partial charge in [-0.05, 0) is 25.5 Å². The van der Waals surface area contributed by atoms with Gasteiger partial charge in [0.2, 0.25) is 0 Å². The molecule has 0 saturated carbocycles. The molecule has 0 aliphatic carbocycles. The third-order valence-electron chi connectivity index (χ3n) is 3.58. The highest BCUT2D eigenvalue weighted by molar-refractivity contribution is 8.14. The van der Waals surface area contributed by atoms with Crippen LogP contribution < -0.4 is 10.9 Å². The Bertz CT molecular complexity index is 730. The van der Waals surface area contributed by atoms with Crippen molar-refractivity contribution in [2.45, 2.75) is 13.3 Å². The number of nitrogens with zero attached hydrogens (tertiary/aromatic N) is 3. The van der Waals surface area contributed by atoms with E-state index in [4.69, 9.17) is 0 Å². The lowest BCUT2D eigenvalue weighted by atomic mass is 10.3. The van der Waals surface area contributed by atoms with Crippen LogP contribution in [0.5, 0.6) is 0 Å². The van der Waals surface area contributed by atoms with Gasteiger partial charge in [0.25, 0.3) is 5.56 Å². The first-order chi connectivity index (χ1) is 10.2. The summed E-state index contributed by atoms with van der Waals surface area (Å²) in [7, 11) is 1.89. The molecule has 2 heterocycles. The van der Waals surface area contributed by atoms with E-state index in [1.54, 1.807) is 16.4 Å². The minimum absolute atomic E-state index is 0.0462. The lowest BCUT2D eigenvalue weighted by Gasteiger charge is -2.12. The molecule has 1 N–H and O–H groups in total. The summed E-state index contributed by atoms with van der Waals surface area (Å²) < 4.78 is 3.54. The van der Waals surface area contributed by atoms with Crippen molar-refractivity contribution in [2.24, 2.45) is 12.0 Å². The van der Waals surface area contributed by atoms with Gasteiger partial charge in [-0.25, -0.2) is 4.68 Å². The SMILES string of the molecule is Cc1c(NC2=NCCCS2)c(=O)n(-c2ccccc2)n1C. The smallest absolute Gasteiger partial charge is 0.295 e. The van der Waals surface area contributed by atoms with Crippen LogP contribution >= 0.6 is 11.8 Å². The Morgan fingerprint density at radius 2 is 2.05 bits per heavy atom. The van der Waals surface area contributed by atoms with E-state index in [9.17, 15) is 4.79 Å². The van der Waals surface area contributed by atoms with Crippen molar-refractivity contribution in [1.29, 1.82) is 0 Å². The Morgan fingerprint density at radius 1 is 1.29 bits per heavy atom. The molecule has 6 heteroatoms. The number of para-hydroxylation sites is 1. The summed E-state index contributed by atoms with van der Waals surface area (Å²) in [5, 5.41) is 4.05. The minimum Gasteiger partial charge on any atom is -0.329 e. The zero-order chi connectivity index (χ0) is 14.8. The summed E-state index contributed by atoms with van der Waals surface area (Å²) in [6, 6.07) is 9.66. The van der Waals surface area contributed by atoms with Gasteiger partial charge in [-0.3, -0.25) is 14.5 Å². The first-order valence-corrected chi connectivity index (χ1v) is 7.95. The number of rotatable bonds is 2. The molecular formula is C15H18N4OS. The van der Waals surface area contributed by atoms with E-state index in [0.29, 0.717) is 5.69 Å². The van der Waals surface area contributed by atoms with Crippen LogP contribution in [0.15, 0.2) is 40.1 Å². The molecule has 0 radical (unpaired) electrons. The van der Waals surface area contributed by atoms with Gasteiger partial charge in [-0.1, -0.05) is 30.0 Å². The summed E-state index contributed by atoms with van der Waals surface area (Å²) in [6.45, 7) is 2.77. The van der Waals surface area contributed by atoms with Crippen molar-refractivity contribution in [3.63, 3.8) is 0 Å². The Labute approximate surface area is 127 Å². The van der Waals surface area contributed by atoms with E-state index < -0.39 is 0 Å². The monoisotopic (exact) mass is 302 g/mol. The molecule has 5 nitrogen and oxygen atoms in total. The summed E-state index contributed by atoms with van der Waals surface area (Å²) in [5.41, 5.74) is 2.32. The molecule has 0 unspecified atom stereocenters. The quantitative estimate of drug-likeness (QED) is 0.926. The van der Waals surface area contributed by atoms with Crippen molar-refractivity contribution < 1.29 is 0 Å². The van der Waals surface area contributed by atoms with Gasteiger partial charge in [-0.15, -0.1) is 0 Å². The maximum atomic E-state index is 12.7. The number of hydrogen-bond donors (Lipinski definition) is 1. The Balaban J connectivity index is 2.03. The third-order valence-corrected chi connectivity index (χ3v) is 4.58. The number of nitrogens with one attached hydrogen (secondary N) is 1. The fourth-order valence-electron chi connectivity index (χ4n) is 2.35. The molecule has 0 atom stereocenters. The molecule has 1 aromatic carbocycles. The lowest BCUT2D eigenvalue weighted by molar-refractivity contribution is 0.630. The zero-order valence-electron chi connectivity index (χ0n) is 12.2. The van der Waals surface area contributed by atoms with E-state index in [-0.39, 0.29) is 5.56 Å². The van der Waals surface area contributed by atoms with Crippen LogP contribution in [0, 0.1) is 6.92 Å². The molecule has 1 aliphatic heterocycles. The normalized spacial score (nSPS) is 14.9. The molecular weight excluding hydrogens is 284 g/mol. The molecule has 1 aromatic heterocycles. The van der Waals surface area contributed by atoms with E-state index in [1.807, 2.05) is 49.0 Å². The fourth-order valence-corrected chi connectivity index (χ4v) is 3.18. The van der Waals surface area contributed by atoms with Crippen molar-refractivity contribution in [3.8, 4) is 5.69 Å². The Morgan fingerprint density at radius 3 is 2.71 bits per heavy atom. The van der Waals surface area contributed by atoms with Crippen LogP contribution in [0.25, 0.3) is 5.69 Å². The van der Waals surface area contributed by atoms with Crippen LogP contribution in [0.2, 0.25) is 0 Å². The predicted molar refractivity (Wildman–Crippen MR) is 88.7 cm³/mol. The van der Waals surface area contributed by atoms with E-state index in [0.717, 1.165) is 35.3 Å². The number of aromatic nitrogens is 2. The molecule has 0 bridgehead atoms. The van der Waals surface area contributed by atoms with Crippen molar-refractivity contribution in [1.82, 2.24) is 9.36 Å². The number of amidine groups is 1. The standard InChI is InChI=1S/C15H18N4OS/c1-11-13(17-15-16-9-6-10-21-15)14(20)19(18(11)2)12-7-4-3-5-8-12/h3-5,7-8H,6,9-10H2,1-2H3,(H,16,17). The Kier molecular flexibility index (Phi) is 3.88. The van der Waals surface area contributed by atoms with E-state index >= 15 is 0 Å². The van der Waals surface area contributed by atoms with Gasteiger partial charge in [0.05, 0.1) is 11.4 Å². The topological polar surface area (TPSA) is 51.3 Å². The average Bonchev–Trinajstić information content (AvgIpc) is 2.73. The zero-order valence-corrected chi connectivity index (χ0v) is 13.0. The minimum atomic E-state index is -0.0462. The highest BCUT2D eigenvalue weighted by Crippen LogP contribution is 2.18. The summed E-state index contributed by atoms with van der Waals surface area (Å²) >= 11 is 1.67. The average molecular weight is 302 g/mol. The largest absolute Gasteiger partial charge is 0.329 e. The third kappa shape index (κ3) is 2.63. The predicted octanol–water partition coefficient (Wildman–Crippen LogP) is 2.39. The van der Waals surface area contributed by atoms with Crippen LogP contribution in [-0.4, -0.2) is 26.8 Å². The second-order valence-electron chi connectivity index (χ2n) is 4.95. The fraction of sp³-hybridized carbons (Fsp3) is 0.333. The van der Waals surface area contributed by atoms with E-state index in [2.05, 4.69) is 10.3 Å². The summed E-state index contributed by atoms with van der Waals surface area (Å²) in [5.74, 6) is 1.05. The van der Waals surface area contributed by atoms with Gasteiger partial charge in [0.1, 0.15) is 5.69 Å². The Hall–Kier alpha value is -1.95. The second kappa shape index (κ2) is 5.81. The lowest BCUT2D eigenvalue weighted by Crippen LogP contribution is -2.23. The summed E-state index contributed by atoms with van der Waals surface area (Å²) in [6.07, 6.45) is 1.10. The highest BCUT2D eigenvalue weighted by atomic mass is 32.2. The highest BCUT2D eigenvalue weighted by Gasteiger charge is 2.18. The van der Waals surface area contributed by atoms with Crippen LogP contribution in [0.3, 0.4) is 0 Å². The number of hydrogen-bond acceptors (Lipinski definition) is 4. The second-order valence-corrected chi connectivity index (χ2v) is 6.03. The number of benzene rings is 1. The molecule has 1 aliphatic rings. The van der Waals surface area contributed by atoms with Crippen molar-refractivity contribution >= 4 is 22.6 Å². The molecule has 3 rings (SSSR count). The molecule has 0 amide bonds. The molecule has 2 aromatic rings. The van der Waals surface area contributed by atoms with Gasteiger partial charge in [-0.2, -0.15) is 0 Å². The van der Waals surface area contributed by atoms with Gasteiger partial charge in [0, 0.05) is 19.3 Å². The molecule has 21 heavy (non-hydrogen) atoms. The number of aliphatic imine (C=N–C) groups is 1. The summed E-state index contributed by atoms with van der Waals surface area (Å²) in [4.78, 5) is 17.1. The van der Waals surface area contributed by atoms with Crippen LogP contribution in [0.1, 0.15) is 12.1 Å². The molecule has 0 spiro atoms. The first kappa shape index (κ1) is 14.0. The molecule has 0 saturated heterocycles. The van der Waals surface area contributed by atoms with Crippen molar-refractivity contribution in [2.75, 3.05) is 17.6 Å². The van der Waals surface area contributed by atoms with Gasteiger partial charge < -0.3 is 5.32 Å². The van der Waals surface area contributed by atoms with Crippen LogP contribution in [0.4, 0.5) is 5.69 Å². The number of thioether (sulfide) groups is 1. The van der Waals surface area contributed by atoms with E-state index in [1.165, 1.54) is 0 Å². The first-order valence-electron chi connectivity index (χ1n) is 6.97. The maximum Gasteiger partial charge on any atom is 0.295 e. The van der Waals surface area contributed by atoms with Gasteiger partial charge >= 0.3 is 0 Å². The van der Waals surface area contributed by atoms with Crippen molar-refractivity contribution in [3.05, 3.63) is 46.4 Å². The molecule has 110 valence electrons.